The van der Waals surface area contributed by atoms with Gasteiger partial charge >= 0.3 is 0 Å². The number of morpholine rings is 1. The van der Waals surface area contributed by atoms with Crippen molar-refractivity contribution in [2.24, 2.45) is 0 Å². The molecular weight excluding hydrogens is 164 g/mol. The molecule has 3 nitrogen and oxygen atoms in total. The minimum absolute atomic E-state index is 0.693. The van der Waals surface area contributed by atoms with E-state index in [1.165, 1.54) is 25.9 Å². The van der Waals surface area contributed by atoms with Gasteiger partial charge in [-0.15, -0.1) is 0 Å². The van der Waals surface area contributed by atoms with Crippen LogP contribution in [0.1, 0.15) is 12.8 Å². The lowest BCUT2D eigenvalue weighted by Crippen LogP contribution is -2.43. The van der Waals surface area contributed by atoms with E-state index in [1.54, 1.807) is 0 Å². The van der Waals surface area contributed by atoms with E-state index in [4.69, 9.17) is 4.74 Å². The highest BCUT2D eigenvalue weighted by atomic mass is 16.5. The standard InChI is InChI=1S/C10H19N2O/c1-11-4-2-3-10(11)9-12-5-7-13-8-6-12/h10H,1-9H2/t10-/m0/s1. The zero-order valence-corrected chi connectivity index (χ0v) is 8.24. The smallest absolute Gasteiger partial charge is 0.0594 e. The minimum atomic E-state index is 0.693. The second-order valence-electron chi connectivity index (χ2n) is 4.02. The van der Waals surface area contributed by atoms with Gasteiger partial charge in [-0.2, -0.15) is 0 Å². The van der Waals surface area contributed by atoms with Crippen molar-refractivity contribution in [2.75, 3.05) is 39.4 Å². The summed E-state index contributed by atoms with van der Waals surface area (Å²) in [5.74, 6) is 0. The van der Waals surface area contributed by atoms with E-state index >= 15 is 0 Å². The van der Waals surface area contributed by atoms with Crippen molar-refractivity contribution in [2.45, 2.75) is 18.9 Å². The molecule has 2 rings (SSSR count). The Kier molecular flexibility index (Phi) is 3.19. The van der Waals surface area contributed by atoms with Crippen molar-refractivity contribution in [3.8, 4) is 0 Å². The van der Waals surface area contributed by atoms with E-state index in [0.717, 1.165) is 26.3 Å². The molecule has 0 aliphatic carbocycles. The highest BCUT2D eigenvalue weighted by molar-refractivity contribution is 4.82. The molecule has 2 fully saturated rings. The predicted molar refractivity (Wildman–Crippen MR) is 52.3 cm³/mol. The third kappa shape index (κ3) is 2.42. The van der Waals surface area contributed by atoms with Crippen LogP contribution in [0.4, 0.5) is 0 Å². The van der Waals surface area contributed by atoms with Crippen LogP contribution in [0.25, 0.3) is 0 Å². The molecule has 0 N–H and O–H groups in total. The maximum absolute atomic E-state index is 5.32. The summed E-state index contributed by atoms with van der Waals surface area (Å²) in [7, 11) is 4.06. The SMILES string of the molecule is [CH2]N1CCC[C@H]1CN1CCOCC1. The zero-order valence-electron chi connectivity index (χ0n) is 8.24. The Morgan fingerprint density at radius 1 is 1.23 bits per heavy atom. The maximum atomic E-state index is 5.32. The lowest BCUT2D eigenvalue weighted by molar-refractivity contribution is 0.0295. The molecule has 75 valence electrons. The van der Waals surface area contributed by atoms with E-state index in [9.17, 15) is 0 Å². The molecule has 0 amide bonds. The fourth-order valence-electron chi connectivity index (χ4n) is 2.18. The maximum Gasteiger partial charge on any atom is 0.0594 e. The summed E-state index contributed by atoms with van der Waals surface area (Å²) in [6.07, 6.45) is 2.64. The fraction of sp³-hybridized carbons (Fsp3) is 0.900. The number of likely N-dealkylation sites (tertiary alicyclic amines) is 1. The summed E-state index contributed by atoms with van der Waals surface area (Å²) >= 11 is 0. The average Bonchev–Trinajstić information content (AvgIpc) is 2.54. The Bertz CT molecular complexity index is 157. The number of hydrogen-bond donors (Lipinski definition) is 0. The van der Waals surface area contributed by atoms with E-state index in [2.05, 4.69) is 16.8 Å². The van der Waals surface area contributed by atoms with Crippen molar-refractivity contribution in [1.82, 2.24) is 9.80 Å². The van der Waals surface area contributed by atoms with Gasteiger partial charge in [0.15, 0.2) is 0 Å². The van der Waals surface area contributed by atoms with Gasteiger partial charge in [-0.05, 0) is 19.4 Å². The second-order valence-corrected chi connectivity index (χ2v) is 4.02. The third-order valence-electron chi connectivity index (χ3n) is 3.07. The first-order valence-electron chi connectivity index (χ1n) is 5.23. The monoisotopic (exact) mass is 183 g/mol. The Labute approximate surface area is 80.6 Å². The number of ether oxygens (including phenoxy) is 1. The number of hydrogen-bond acceptors (Lipinski definition) is 3. The Morgan fingerprint density at radius 2 is 2.00 bits per heavy atom. The summed E-state index contributed by atoms with van der Waals surface area (Å²) in [4.78, 5) is 4.74. The van der Waals surface area contributed by atoms with Gasteiger partial charge in [0.1, 0.15) is 0 Å². The van der Waals surface area contributed by atoms with Crippen LogP contribution in [-0.2, 0) is 4.74 Å². The summed E-state index contributed by atoms with van der Waals surface area (Å²) in [6, 6.07) is 0.693. The molecule has 0 unspecified atom stereocenters. The van der Waals surface area contributed by atoms with Gasteiger partial charge in [-0.25, -0.2) is 0 Å². The van der Waals surface area contributed by atoms with Crippen molar-refractivity contribution in [3.05, 3.63) is 7.05 Å². The van der Waals surface area contributed by atoms with Gasteiger partial charge < -0.3 is 4.74 Å². The van der Waals surface area contributed by atoms with Crippen LogP contribution in [0.2, 0.25) is 0 Å². The van der Waals surface area contributed by atoms with Crippen molar-refractivity contribution in [1.29, 1.82) is 0 Å². The van der Waals surface area contributed by atoms with E-state index in [1.807, 2.05) is 0 Å². The largest absolute Gasteiger partial charge is 0.379 e. The van der Waals surface area contributed by atoms with E-state index in [0.29, 0.717) is 6.04 Å². The van der Waals surface area contributed by atoms with Gasteiger partial charge in [-0.3, -0.25) is 9.80 Å². The van der Waals surface area contributed by atoms with Gasteiger partial charge in [0.05, 0.1) is 13.2 Å². The molecular formula is C10H19N2O. The lowest BCUT2D eigenvalue weighted by atomic mass is 10.2. The van der Waals surface area contributed by atoms with Crippen LogP contribution in [0.15, 0.2) is 0 Å². The van der Waals surface area contributed by atoms with Crippen molar-refractivity contribution < 1.29 is 4.74 Å². The third-order valence-corrected chi connectivity index (χ3v) is 3.07. The fourth-order valence-corrected chi connectivity index (χ4v) is 2.18. The Balaban J connectivity index is 1.75. The molecule has 3 heteroatoms. The van der Waals surface area contributed by atoms with Crippen LogP contribution in [0.3, 0.4) is 0 Å². The molecule has 1 radical (unpaired) electrons. The number of rotatable bonds is 2. The van der Waals surface area contributed by atoms with E-state index in [-0.39, 0.29) is 0 Å². The molecule has 2 saturated heterocycles. The first-order valence-corrected chi connectivity index (χ1v) is 5.23. The predicted octanol–water partition coefficient (Wildman–Crippen LogP) is 0.575. The van der Waals surface area contributed by atoms with Gasteiger partial charge in [-0.1, -0.05) is 0 Å². The van der Waals surface area contributed by atoms with Gasteiger partial charge in [0.2, 0.25) is 0 Å². The molecule has 0 spiro atoms. The molecule has 2 aliphatic heterocycles. The van der Waals surface area contributed by atoms with Gasteiger partial charge in [0, 0.05) is 32.7 Å². The molecule has 2 heterocycles. The first kappa shape index (κ1) is 9.44. The molecule has 13 heavy (non-hydrogen) atoms. The summed E-state index contributed by atoms with van der Waals surface area (Å²) < 4.78 is 5.32. The van der Waals surface area contributed by atoms with Crippen molar-refractivity contribution in [3.63, 3.8) is 0 Å². The second kappa shape index (κ2) is 4.40. The van der Waals surface area contributed by atoms with Crippen LogP contribution in [0.5, 0.6) is 0 Å². The molecule has 0 aromatic carbocycles. The van der Waals surface area contributed by atoms with Crippen LogP contribution < -0.4 is 0 Å². The van der Waals surface area contributed by atoms with Crippen molar-refractivity contribution >= 4 is 0 Å². The highest BCUT2D eigenvalue weighted by Gasteiger charge is 2.23. The Hall–Kier alpha value is -0.120. The molecule has 0 saturated carbocycles. The zero-order chi connectivity index (χ0) is 9.10. The quantitative estimate of drug-likeness (QED) is 0.622. The minimum Gasteiger partial charge on any atom is -0.379 e. The average molecular weight is 183 g/mol. The molecule has 0 aromatic rings. The summed E-state index contributed by atoms with van der Waals surface area (Å²) in [6.45, 7) is 6.38. The number of nitrogens with zero attached hydrogens (tertiary/aromatic N) is 2. The van der Waals surface area contributed by atoms with Gasteiger partial charge in [0.25, 0.3) is 0 Å². The summed E-state index contributed by atoms with van der Waals surface area (Å²) in [5, 5.41) is 0. The topological polar surface area (TPSA) is 15.7 Å². The van der Waals surface area contributed by atoms with Crippen LogP contribution in [0, 0.1) is 7.05 Å². The lowest BCUT2D eigenvalue weighted by Gasteiger charge is -2.31. The van der Waals surface area contributed by atoms with Crippen LogP contribution in [-0.4, -0.2) is 55.2 Å². The highest BCUT2D eigenvalue weighted by Crippen LogP contribution is 2.17. The molecule has 2 aliphatic rings. The molecule has 0 aromatic heterocycles. The Morgan fingerprint density at radius 3 is 2.62 bits per heavy atom. The molecule has 1 atom stereocenters. The molecule has 0 bridgehead atoms. The van der Waals surface area contributed by atoms with Crippen LogP contribution >= 0.6 is 0 Å². The summed E-state index contributed by atoms with van der Waals surface area (Å²) in [5.41, 5.74) is 0. The normalized spacial score (nSPS) is 32.5. The first-order chi connectivity index (χ1) is 6.36. The van der Waals surface area contributed by atoms with E-state index < -0.39 is 0 Å².